The highest BCUT2D eigenvalue weighted by atomic mass is 79.9. The van der Waals surface area contributed by atoms with Gasteiger partial charge < -0.3 is 16.0 Å². The lowest BCUT2D eigenvalue weighted by Crippen LogP contribution is -2.03. The van der Waals surface area contributed by atoms with E-state index in [2.05, 4.69) is 20.5 Å². The maximum Gasteiger partial charge on any atom is 0.0513 e. The number of halogens is 1. The molecule has 0 aliphatic carbocycles. The molecule has 1 aromatic carbocycles. The number of nitrogens with two attached hydrogens (primary N) is 2. The van der Waals surface area contributed by atoms with Gasteiger partial charge in [0.25, 0.3) is 0 Å². The summed E-state index contributed by atoms with van der Waals surface area (Å²) in [6.45, 7) is 0.505. The van der Waals surface area contributed by atoms with E-state index in [9.17, 15) is 0 Å². The molecule has 4 heteroatoms. The number of aromatic nitrogens is 1. The average molecular weight is 254 g/mol. The number of benzene rings is 1. The molecule has 74 valence electrons. The average Bonchev–Trinajstić information content (AvgIpc) is 2.41. The van der Waals surface area contributed by atoms with Gasteiger partial charge in [0.1, 0.15) is 0 Å². The summed E-state index contributed by atoms with van der Waals surface area (Å²) in [6.07, 6.45) is 0. The molecule has 0 unspecified atom stereocenters. The molecule has 2 aromatic rings. The van der Waals surface area contributed by atoms with E-state index >= 15 is 0 Å². The summed E-state index contributed by atoms with van der Waals surface area (Å²) < 4.78 is 3.08. The van der Waals surface area contributed by atoms with Gasteiger partial charge in [0, 0.05) is 34.8 Å². The number of anilines is 1. The first-order valence-corrected chi connectivity index (χ1v) is 5.17. The first kappa shape index (κ1) is 9.55. The predicted molar refractivity (Wildman–Crippen MR) is 62.9 cm³/mol. The lowest BCUT2D eigenvalue weighted by molar-refractivity contribution is 0.844. The molecule has 0 fully saturated rings. The molecule has 2 rings (SSSR count). The van der Waals surface area contributed by atoms with E-state index in [0.29, 0.717) is 6.54 Å². The number of nitrogens with zero attached hydrogens (tertiary/aromatic N) is 1. The van der Waals surface area contributed by atoms with E-state index < -0.39 is 0 Å². The molecule has 14 heavy (non-hydrogen) atoms. The molecule has 1 aromatic heterocycles. The molecule has 3 nitrogen and oxygen atoms in total. The minimum atomic E-state index is 0.505. The van der Waals surface area contributed by atoms with Crippen LogP contribution in [0.2, 0.25) is 0 Å². The van der Waals surface area contributed by atoms with Crippen molar-refractivity contribution >= 4 is 32.5 Å². The largest absolute Gasteiger partial charge is 0.398 e. The molecule has 0 aliphatic rings. The third-order valence-corrected chi connectivity index (χ3v) is 3.36. The van der Waals surface area contributed by atoms with Crippen LogP contribution in [-0.4, -0.2) is 4.57 Å². The monoisotopic (exact) mass is 253 g/mol. The van der Waals surface area contributed by atoms with Gasteiger partial charge >= 0.3 is 0 Å². The van der Waals surface area contributed by atoms with Gasteiger partial charge in [-0.3, -0.25) is 0 Å². The van der Waals surface area contributed by atoms with Gasteiger partial charge in [0.15, 0.2) is 0 Å². The molecule has 0 saturated carbocycles. The minimum absolute atomic E-state index is 0.505. The molecule has 1 heterocycles. The van der Waals surface area contributed by atoms with Crippen molar-refractivity contribution in [3.8, 4) is 0 Å². The van der Waals surface area contributed by atoms with Gasteiger partial charge in [-0.25, -0.2) is 0 Å². The summed E-state index contributed by atoms with van der Waals surface area (Å²) in [4.78, 5) is 0. The molecule has 0 aliphatic heterocycles. The number of fused-ring (bicyclic) bond motifs is 1. The molecule has 0 saturated heterocycles. The molecule has 0 amide bonds. The van der Waals surface area contributed by atoms with Crippen molar-refractivity contribution in [3.05, 3.63) is 28.4 Å². The van der Waals surface area contributed by atoms with Crippen LogP contribution in [0.1, 0.15) is 5.69 Å². The van der Waals surface area contributed by atoms with Crippen LogP contribution in [0.3, 0.4) is 0 Å². The molecular formula is C10H12BrN3. The quantitative estimate of drug-likeness (QED) is 0.764. The first-order valence-electron chi connectivity index (χ1n) is 4.38. The third kappa shape index (κ3) is 1.14. The van der Waals surface area contributed by atoms with Crippen molar-refractivity contribution in [2.45, 2.75) is 6.54 Å². The Morgan fingerprint density at radius 1 is 1.43 bits per heavy atom. The zero-order chi connectivity index (χ0) is 10.3. The van der Waals surface area contributed by atoms with Gasteiger partial charge in [0.2, 0.25) is 0 Å². The van der Waals surface area contributed by atoms with Crippen molar-refractivity contribution in [2.24, 2.45) is 12.8 Å². The van der Waals surface area contributed by atoms with Gasteiger partial charge in [0.05, 0.1) is 5.52 Å². The summed E-state index contributed by atoms with van der Waals surface area (Å²) >= 11 is 3.53. The molecule has 0 bridgehead atoms. The van der Waals surface area contributed by atoms with E-state index in [1.54, 1.807) is 0 Å². The van der Waals surface area contributed by atoms with Crippen LogP contribution in [0, 0.1) is 0 Å². The first-order chi connectivity index (χ1) is 6.66. The van der Waals surface area contributed by atoms with Gasteiger partial charge in [-0.05, 0) is 28.1 Å². The Morgan fingerprint density at radius 3 is 2.71 bits per heavy atom. The smallest absolute Gasteiger partial charge is 0.0513 e. The van der Waals surface area contributed by atoms with Crippen molar-refractivity contribution < 1.29 is 0 Å². The summed E-state index contributed by atoms with van der Waals surface area (Å²) in [6, 6.07) is 5.88. The van der Waals surface area contributed by atoms with E-state index in [1.807, 2.05) is 25.2 Å². The highest BCUT2D eigenvalue weighted by Gasteiger charge is 2.12. The van der Waals surface area contributed by atoms with Crippen LogP contribution in [0.25, 0.3) is 10.9 Å². The summed E-state index contributed by atoms with van der Waals surface area (Å²) in [5.74, 6) is 0. The second-order valence-electron chi connectivity index (χ2n) is 3.27. The number of nitrogen functional groups attached to an aromatic ring is 1. The number of hydrogen-bond donors (Lipinski definition) is 2. The molecular weight excluding hydrogens is 242 g/mol. The van der Waals surface area contributed by atoms with Crippen LogP contribution in [0.5, 0.6) is 0 Å². The van der Waals surface area contributed by atoms with E-state index in [1.165, 1.54) is 0 Å². The van der Waals surface area contributed by atoms with Gasteiger partial charge in [-0.2, -0.15) is 0 Å². The van der Waals surface area contributed by atoms with Crippen molar-refractivity contribution in [3.63, 3.8) is 0 Å². The van der Waals surface area contributed by atoms with E-state index in [4.69, 9.17) is 11.5 Å². The topological polar surface area (TPSA) is 57.0 Å². The molecule has 0 atom stereocenters. The zero-order valence-electron chi connectivity index (χ0n) is 7.92. The van der Waals surface area contributed by atoms with Gasteiger partial charge in [-0.15, -0.1) is 0 Å². The summed E-state index contributed by atoms with van der Waals surface area (Å²) in [5, 5.41) is 1.05. The second kappa shape index (κ2) is 3.29. The Balaban J connectivity index is 2.94. The molecule has 0 radical (unpaired) electrons. The van der Waals surface area contributed by atoms with Crippen LogP contribution in [0.15, 0.2) is 22.7 Å². The Bertz CT molecular complexity index is 488. The fourth-order valence-electron chi connectivity index (χ4n) is 1.74. The maximum atomic E-state index is 5.91. The van der Waals surface area contributed by atoms with Crippen LogP contribution >= 0.6 is 15.9 Å². The van der Waals surface area contributed by atoms with Crippen molar-refractivity contribution in [1.29, 1.82) is 0 Å². The molecule has 4 N–H and O–H groups in total. The Morgan fingerprint density at radius 2 is 2.14 bits per heavy atom. The zero-order valence-corrected chi connectivity index (χ0v) is 9.51. The fourth-order valence-corrected chi connectivity index (χ4v) is 2.60. The molecule has 0 spiro atoms. The third-order valence-electron chi connectivity index (χ3n) is 2.51. The van der Waals surface area contributed by atoms with Crippen LogP contribution < -0.4 is 11.5 Å². The van der Waals surface area contributed by atoms with Crippen LogP contribution in [-0.2, 0) is 13.6 Å². The predicted octanol–water partition coefficient (Wildman–Crippen LogP) is 1.98. The van der Waals surface area contributed by atoms with E-state index in [-0.39, 0.29) is 0 Å². The van der Waals surface area contributed by atoms with Crippen molar-refractivity contribution in [1.82, 2.24) is 4.57 Å². The Hall–Kier alpha value is -1.00. The van der Waals surface area contributed by atoms with Crippen LogP contribution in [0.4, 0.5) is 5.69 Å². The highest BCUT2D eigenvalue weighted by Crippen LogP contribution is 2.33. The fraction of sp³-hybridized carbons (Fsp3) is 0.200. The Labute approximate surface area is 90.8 Å². The lowest BCUT2D eigenvalue weighted by atomic mass is 10.2. The van der Waals surface area contributed by atoms with Crippen molar-refractivity contribution in [2.75, 3.05) is 5.73 Å². The van der Waals surface area contributed by atoms with Gasteiger partial charge in [-0.1, -0.05) is 6.07 Å². The Kier molecular flexibility index (Phi) is 2.25. The SMILES string of the molecule is Cn1c(CN)c(Br)c2c(N)cccc21. The second-order valence-corrected chi connectivity index (χ2v) is 4.06. The number of hydrogen-bond acceptors (Lipinski definition) is 2. The number of aryl methyl sites for hydroxylation is 1. The normalized spacial score (nSPS) is 11.1. The maximum absolute atomic E-state index is 5.91. The highest BCUT2D eigenvalue weighted by molar-refractivity contribution is 9.10. The standard InChI is InChI=1S/C10H12BrN3/c1-14-7-4-2-3-6(13)9(7)10(11)8(14)5-12/h2-4H,5,12-13H2,1H3. The summed E-state index contributed by atoms with van der Waals surface area (Å²) in [7, 11) is 1.99. The lowest BCUT2D eigenvalue weighted by Gasteiger charge is -2.00. The van der Waals surface area contributed by atoms with E-state index in [0.717, 1.165) is 26.8 Å². The minimum Gasteiger partial charge on any atom is -0.398 e. The number of rotatable bonds is 1. The summed E-state index contributed by atoms with van der Waals surface area (Å²) in [5.41, 5.74) is 14.5.